The number of esters is 1. The minimum absolute atomic E-state index is 0.0176. The number of unbranched alkanes of at least 4 members (excludes halogenated alkanes) is 3. The Hall–Kier alpha value is -1.84. The number of carbonyl (C=O) groups excluding carboxylic acids is 1. The van der Waals surface area contributed by atoms with E-state index in [1.165, 1.54) is 44.2 Å². The van der Waals surface area contributed by atoms with Crippen molar-refractivity contribution in [2.75, 3.05) is 0 Å². The number of hydrogen-bond acceptors (Lipinski definition) is 3. The summed E-state index contributed by atoms with van der Waals surface area (Å²) >= 11 is 0. The quantitative estimate of drug-likeness (QED) is 0.410. The van der Waals surface area contributed by atoms with Crippen molar-refractivity contribution in [1.29, 1.82) is 0 Å². The number of carbonyl (C=O) groups is 2. The molecule has 1 aliphatic rings. The Morgan fingerprint density at radius 2 is 1.71 bits per heavy atom. The van der Waals surface area contributed by atoms with Crippen LogP contribution >= 0.6 is 0 Å². The van der Waals surface area contributed by atoms with Crippen LogP contribution in [0.25, 0.3) is 0 Å². The van der Waals surface area contributed by atoms with Crippen LogP contribution in [0.3, 0.4) is 0 Å². The maximum Gasteiger partial charge on any atom is 0.335 e. The molecule has 0 radical (unpaired) electrons. The van der Waals surface area contributed by atoms with E-state index < -0.39 is 5.97 Å². The summed E-state index contributed by atoms with van der Waals surface area (Å²) < 4.78 is 5.41. The van der Waals surface area contributed by atoms with E-state index in [1.807, 2.05) is 0 Å². The number of ether oxygens (including phenoxy) is 1. The van der Waals surface area contributed by atoms with Gasteiger partial charge < -0.3 is 9.84 Å². The molecule has 132 valence electrons. The molecule has 2 rings (SSSR count). The van der Waals surface area contributed by atoms with Gasteiger partial charge >= 0.3 is 11.9 Å². The third-order valence-electron chi connectivity index (χ3n) is 4.97. The lowest BCUT2D eigenvalue weighted by Crippen LogP contribution is -2.25. The van der Waals surface area contributed by atoms with E-state index in [1.54, 1.807) is 12.1 Å². The molecular weight excluding hydrogens is 304 g/mol. The maximum absolute atomic E-state index is 12.3. The van der Waals surface area contributed by atoms with Gasteiger partial charge in [-0.1, -0.05) is 39.0 Å². The van der Waals surface area contributed by atoms with Crippen molar-refractivity contribution >= 4 is 11.9 Å². The maximum atomic E-state index is 12.3. The largest absolute Gasteiger partial charge is 0.478 e. The number of rotatable bonds is 8. The molecule has 0 spiro atoms. The lowest BCUT2D eigenvalue weighted by Gasteiger charge is -2.27. The molecular formula is C20H28O4. The van der Waals surface area contributed by atoms with Gasteiger partial charge in [-0.3, -0.25) is 4.79 Å². The van der Waals surface area contributed by atoms with E-state index >= 15 is 0 Å². The van der Waals surface area contributed by atoms with Crippen LogP contribution in [0.15, 0.2) is 24.3 Å². The van der Waals surface area contributed by atoms with Crippen LogP contribution < -0.4 is 4.74 Å². The van der Waals surface area contributed by atoms with Crippen LogP contribution in [0.1, 0.15) is 75.1 Å². The summed E-state index contributed by atoms with van der Waals surface area (Å²) in [5, 5.41) is 8.87. The Labute approximate surface area is 144 Å². The summed E-state index contributed by atoms with van der Waals surface area (Å²) in [5.74, 6) is 0.0103. The molecule has 0 atom stereocenters. The highest BCUT2D eigenvalue weighted by Gasteiger charge is 2.27. The van der Waals surface area contributed by atoms with E-state index in [9.17, 15) is 9.59 Å². The minimum Gasteiger partial charge on any atom is -0.478 e. The molecule has 1 fully saturated rings. The number of carboxylic acids is 1. The second kappa shape index (κ2) is 9.45. The third-order valence-corrected chi connectivity index (χ3v) is 4.97. The fourth-order valence-corrected chi connectivity index (χ4v) is 3.41. The van der Waals surface area contributed by atoms with Gasteiger partial charge in [0.2, 0.25) is 0 Å². The van der Waals surface area contributed by atoms with Crippen molar-refractivity contribution in [2.45, 2.75) is 64.7 Å². The second-order valence-corrected chi connectivity index (χ2v) is 6.82. The summed E-state index contributed by atoms with van der Waals surface area (Å²) in [7, 11) is 0. The van der Waals surface area contributed by atoms with Crippen LogP contribution in [0.5, 0.6) is 5.75 Å². The zero-order chi connectivity index (χ0) is 17.4. The Bertz CT molecular complexity index is 527. The highest BCUT2D eigenvalue weighted by molar-refractivity contribution is 5.87. The van der Waals surface area contributed by atoms with Gasteiger partial charge in [0, 0.05) is 0 Å². The average Bonchev–Trinajstić information content (AvgIpc) is 2.59. The first-order valence-corrected chi connectivity index (χ1v) is 9.15. The smallest absolute Gasteiger partial charge is 0.335 e. The van der Waals surface area contributed by atoms with Crippen LogP contribution in [0.4, 0.5) is 0 Å². The molecule has 4 nitrogen and oxygen atoms in total. The van der Waals surface area contributed by atoms with Crippen molar-refractivity contribution in [3.63, 3.8) is 0 Å². The fraction of sp³-hybridized carbons (Fsp3) is 0.600. The predicted molar refractivity (Wildman–Crippen MR) is 93.2 cm³/mol. The first kappa shape index (κ1) is 18.5. The molecule has 0 amide bonds. The summed E-state index contributed by atoms with van der Waals surface area (Å²) in [6.07, 6.45) is 10.6. The van der Waals surface area contributed by atoms with Gasteiger partial charge in [0.25, 0.3) is 0 Å². The van der Waals surface area contributed by atoms with Gasteiger partial charge in [0.05, 0.1) is 11.5 Å². The minimum atomic E-state index is -0.981. The molecule has 24 heavy (non-hydrogen) atoms. The van der Waals surface area contributed by atoms with E-state index in [2.05, 4.69) is 6.92 Å². The van der Waals surface area contributed by atoms with Crippen molar-refractivity contribution in [3.8, 4) is 5.75 Å². The first-order chi connectivity index (χ1) is 11.6. The van der Waals surface area contributed by atoms with Crippen molar-refractivity contribution in [3.05, 3.63) is 29.8 Å². The highest BCUT2D eigenvalue weighted by Crippen LogP contribution is 2.33. The average molecular weight is 332 g/mol. The van der Waals surface area contributed by atoms with Crippen molar-refractivity contribution < 1.29 is 19.4 Å². The lowest BCUT2D eigenvalue weighted by atomic mass is 9.80. The van der Waals surface area contributed by atoms with Crippen LogP contribution in [-0.2, 0) is 4.79 Å². The van der Waals surface area contributed by atoms with Gasteiger partial charge in [-0.15, -0.1) is 0 Å². The molecule has 0 aliphatic heterocycles. The topological polar surface area (TPSA) is 63.6 Å². The summed E-state index contributed by atoms with van der Waals surface area (Å²) in [4.78, 5) is 23.1. The van der Waals surface area contributed by atoms with E-state index in [0.717, 1.165) is 31.6 Å². The lowest BCUT2D eigenvalue weighted by molar-refractivity contribution is -0.140. The molecule has 4 heteroatoms. The van der Waals surface area contributed by atoms with Gasteiger partial charge in [0.1, 0.15) is 5.75 Å². The molecule has 0 saturated heterocycles. The van der Waals surface area contributed by atoms with E-state index in [4.69, 9.17) is 9.84 Å². The van der Waals surface area contributed by atoms with E-state index in [-0.39, 0.29) is 17.5 Å². The zero-order valence-electron chi connectivity index (χ0n) is 14.5. The molecule has 0 heterocycles. The Morgan fingerprint density at radius 3 is 2.29 bits per heavy atom. The Morgan fingerprint density at radius 1 is 1.04 bits per heavy atom. The standard InChI is InChI=1S/C20H28O4/c1-2-3-4-5-6-15-7-9-17(10-8-15)20(23)24-18-13-11-16(12-14-18)19(21)22/h11-15,17H,2-10H2,1H3,(H,21,22). The highest BCUT2D eigenvalue weighted by atomic mass is 16.5. The summed E-state index contributed by atoms with van der Waals surface area (Å²) in [5.41, 5.74) is 0.193. The number of hydrogen-bond donors (Lipinski definition) is 1. The van der Waals surface area contributed by atoms with Crippen molar-refractivity contribution in [2.24, 2.45) is 11.8 Å². The zero-order valence-corrected chi connectivity index (χ0v) is 14.5. The SMILES string of the molecule is CCCCCCC1CCC(C(=O)Oc2ccc(C(=O)O)cc2)CC1. The Balaban J connectivity index is 1.73. The molecule has 1 saturated carbocycles. The Kier molecular flexibility index (Phi) is 7.29. The monoisotopic (exact) mass is 332 g/mol. The van der Waals surface area contributed by atoms with Gasteiger partial charge in [-0.2, -0.15) is 0 Å². The molecule has 1 aromatic rings. The fourth-order valence-electron chi connectivity index (χ4n) is 3.41. The predicted octanol–water partition coefficient (Wildman–Crippen LogP) is 5.07. The number of carboxylic acid groups (broad SMARTS) is 1. The third kappa shape index (κ3) is 5.66. The molecule has 1 aromatic carbocycles. The second-order valence-electron chi connectivity index (χ2n) is 6.82. The number of benzene rings is 1. The van der Waals surface area contributed by atoms with E-state index in [0.29, 0.717) is 5.75 Å². The first-order valence-electron chi connectivity index (χ1n) is 9.15. The normalized spacial score (nSPS) is 20.5. The van der Waals surface area contributed by atoms with Gasteiger partial charge in [0.15, 0.2) is 0 Å². The van der Waals surface area contributed by atoms with Crippen molar-refractivity contribution in [1.82, 2.24) is 0 Å². The van der Waals surface area contributed by atoms with Gasteiger partial charge in [-0.25, -0.2) is 4.79 Å². The molecule has 0 unspecified atom stereocenters. The van der Waals surface area contributed by atoms with Crippen LogP contribution in [-0.4, -0.2) is 17.0 Å². The summed E-state index contributed by atoms with van der Waals surface area (Å²) in [6, 6.07) is 6.00. The van der Waals surface area contributed by atoms with Crippen LogP contribution in [0.2, 0.25) is 0 Å². The van der Waals surface area contributed by atoms with Gasteiger partial charge in [-0.05, 0) is 55.9 Å². The number of aromatic carboxylic acids is 1. The summed E-state index contributed by atoms with van der Waals surface area (Å²) in [6.45, 7) is 2.23. The molecule has 0 aromatic heterocycles. The molecule has 0 bridgehead atoms. The van der Waals surface area contributed by atoms with Crippen LogP contribution in [0, 0.1) is 11.8 Å². The molecule has 1 aliphatic carbocycles. The molecule has 1 N–H and O–H groups in total.